The minimum atomic E-state index is 0.872. The van der Waals surface area contributed by atoms with Crippen LogP contribution in [0.4, 0.5) is 0 Å². The molecule has 1 aromatic rings. The van der Waals surface area contributed by atoms with Crippen molar-refractivity contribution in [1.29, 1.82) is 0 Å². The fraction of sp³-hybridized carbons (Fsp3) is 0.538. The van der Waals surface area contributed by atoms with E-state index in [1.165, 1.54) is 31.2 Å². The SMILES string of the molecule is Clc1ccccc1CNCC1CCCC1. The van der Waals surface area contributed by atoms with E-state index >= 15 is 0 Å². The van der Waals surface area contributed by atoms with Crippen LogP contribution in [0.3, 0.4) is 0 Å². The number of rotatable bonds is 4. The van der Waals surface area contributed by atoms with Crippen molar-refractivity contribution < 1.29 is 0 Å². The number of halogens is 1. The molecule has 2 rings (SSSR count). The van der Waals surface area contributed by atoms with E-state index in [2.05, 4.69) is 11.4 Å². The lowest BCUT2D eigenvalue weighted by atomic mass is 10.1. The maximum absolute atomic E-state index is 6.08. The Balaban J connectivity index is 1.75. The molecule has 1 fully saturated rings. The van der Waals surface area contributed by atoms with Crippen molar-refractivity contribution in [3.63, 3.8) is 0 Å². The average molecular weight is 224 g/mol. The van der Waals surface area contributed by atoms with Gasteiger partial charge in [0.25, 0.3) is 0 Å². The van der Waals surface area contributed by atoms with Gasteiger partial charge in [0.2, 0.25) is 0 Å². The summed E-state index contributed by atoms with van der Waals surface area (Å²) in [6.07, 6.45) is 5.63. The standard InChI is InChI=1S/C13H18ClN/c14-13-8-4-3-7-12(13)10-15-9-11-5-1-2-6-11/h3-4,7-8,11,15H,1-2,5-6,9-10H2. The van der Waals surface area contributed by atoms with Crippen LogP contribution in [0, 0.1) is 5.92 Å². The molecule has 0 saturated heterocycles. The maximum Gasteiger partial charge on any atom is 0.0450 e. The van der Waals surface area contributed by atoms with E-state index in [0.717, 1.165) is 24.0 Å². The lowest BCUT2D eigenvalue weighted by Gasteiger charge is -2.11. The molecule has 1 aliphatic rings. The van der Waals surface area contributed by atoms with Gasteiger partial charge in [-0.05, 0) is 36.9 Å². The van der Waals surface area contributed by atoms with Crippen molar-refractivity contribution in [2.24, 2.45) is 5.92 Å². The van der Waals surface area contributed by atoms with Crippen LogP contribution in [0.5, 0.6) is 0 Å². The summed E-state index contributed by atoms with van der Waals surface area (Å²) < 4.78 is 0. The van der Waals surface area contributed by atoms with Crippen LogP contribution in [-0.2, 0) is 6.54 Å². The van der Waals surface area contributed by atoms with Crippen molar-refractivity contribution >= 4 is 11.6 Å². The summed E-state index contributed by atoms with van der Waals surface area (Å²) in [5.41, 5.74) is 1.21. The second kappa shape index (κ2) is 5.53. The van der Waals surface area contributed by atoms with Gasteiger partial charge >= 0.3 is 0 Å². The van der Waals surface area contributed by atoms with E-state index in [1.54, 1.807) is 0 Å². The Morgan fingerprint density at radius 3 is 2.67 bits per heavy atom. The Bertz CT molecular complexity index is 305. The average Bonchev–Trinajstić information content (AvgIpc) is 2.74. The van der Waals surface area contributed by atoms with Gasteiger partial charge in [-0.3, -0.25) is 0 Å². The fourth-order valence-electron chi connectivity index (χ4n) is 2.27. The molecular weight excluding hydrogens is 206 g/mol. The van der Waals surface area contributed by atoms with Crippen molar-refractivity contribution in [2.45, 2.75) is 32.2 Å². The number of nitrogens with one attached hydrogen (secondary N) is 1. The molecule has 0 atom stereocenters. The summed E-state index contributed by atoms with van der Waals surface area (Å²) >= 11 is 6.08. The van der Waals surface area contributed by atoms with E-state index in [4.69, 9.17) is 11.6 Å². The minimum absolute atomic E-state index is 0.872. The molecule has 0 bridgehead atoms. The van der Waals surface area contributed by atoms with Crippen LogP contribution >= 0.6 is 11.6 Å². The molecule has 2 heteroatoms. The normalized spacial score (nSPS) is 17.1. The van der Waals surface area contributed by atoms with Gasteiger partial charge in [-0.15, -0.1) is 0 Å². The van der Waals surface area contributed by atoms with Gasteiger partial charge in [0, 0.05) is 11.6 Å². The fourth-order valence-corrected chi connectivity index (χ4v) is 2.47. The smallest absolute Gasteiger partial charge is 0.0450 e. The van der Waals surface area contributed by atoms with Gasteiger partial charge in [0.1, 0.15) is 0 Å². The highest BCUT2D eigenvalue weighted by Gasteiger charge is 2.13. The highest BCUT2D eigenvalue weighted by molar-refractivity contribution is 6.31. The summed E-state index contributed by atoms with van der Waals surface area (Å²) in [5.74, 6) is 0.896. The first-order valence-electron chi connectivity index (χ1n) is 5.80. The van der Waals surface area contributed by atoms with Gasteiger partial charge in [0.05, 0.1) is 0 Å². The first-order valence-corrected chi connectivity index (χ1v) is 6.18. The molecule has 0 spiro atoms. The number of hydrogen-bond donors (Lipinski definition) is 1. The zero-order valence-electron chi connectivity index (χ0n) is 9.01. The lowest BCUT2D eigenvalue weighted by molar-refractivity contribution is 0.489. The van der Waals surface area contributed by atoms with E-state index in [9.17, 15) is 0 Å². The monoisotopic (exact) mass is 223 g/mol. The van der Waals surface area contributed by atoms with Gasteiger partial charge in [-0.25, -0.2) is 0 Å². The Morgan fingerprint density at radius 1 is 1.20 bits per heavy atom. The van der Waals surface area contributed by atoms with E-state index in [-0.39, 0.29) is 0 Å². The molecular formula is C13H18ClN. The van der Waals surface area contributed by atoms with Crippen molar-refractivity contribution in [1.82, 2.24) is 5.32 Å². The number of benzene rings is 1. The highest BCUT2D eigenvalue weighted by Crippen LogP contribution is 2.24. The van der Waals surface area contributed by atoms with Gasteiger partial charge < -0.3 is 5.32 Å². The number of hydrogen-bond acceptors (Lipinski definition) is 1. The van der Waals surface area contributed by atoms with Gasteiger partial charge in [-0.2, -0.15) is 0 Å². The molecule has 0 unspecified atom stereocenters. The lowest BCUT2D eigenvalue weighted by Crippen LogP contribution is -2.20. The molecule has 1 N–H and O–H groups in total. The zero-order valence-corrected chi connectivity index (χ0v) is 9.76. The first-order chi connectivity index (χ1) is 7.36. The molecule has 0 aliphatic heterocycles. The Labute approximate surface area is 96.8 Å². The van der Waals surface area contributed by atoms with Gasteiger partial charge in [-0.1, -0.05) is 42.6 Å². The summed E-state index contributed by atoms with van der Waals surface area (Å²) in [6.45, 7) is 2.04. The molecule has 0 radical (unpaired) electrons. The Morgan fingerprint density at radius 2 is 1.93 bits per heavy atom. The first kappa shape index (κ1) is 11.0. The maximum atomic E-state index is 6.08. The van der Waals surface area contributed by atoms with Crippen molar-refractivity contribution in [3.05, 3.63) is 34.9 Å². The molecule has 0 aromatic heterocycles. The highest BCUT2D eigenvalue weighted by atomic mass is 35.5. The summed E-state index contributed by atoms with van der Waals surface area (Å²) in [5, 5.41) is 4.37. The second-order valence-electron chi connectivity index (χ2n) is 4.37. The summed E-state index contributed by atoms with van der Waals surface area (Å²) in [6, 6.07) is 8.05. The second-order valence-corrected chi connectivity index (χ2v) is 4.78. The molecule has 0 amide bonds. The minimum Gasteiger partial charge on any atom is -0.312 e. The summed E-state index contributed by atoms with van der Waals surface area (Å²) in [7, 11) is 0. The van der Waals surface area contributed by atoms with Crippen molar-refractivity contribution in [2.75, 3.05) is 6.54 Å². The molecule has 1 aliphatic carbocycles. The van der Waals surface area contributed by atoms with Crippen molar-refractivity contribution in [3.8, 4) is 0 Å². The predicted molar refractivity (Wildman–Crippen MR) is 65.1 cm³/mol. The van der Waals surface area contributed by atoms with Crippen LogP contribution in [-0.4, -0.2) is 6.54 Å². The van der Waals surface area contributed by atoms with E-state index in [1.807, 2.05) is 18.2 Å². The largest absolute Gasteiger partial charge is 0.312 e. The predicted octanol–water partition coefficient (Wildman–Crippen LogP) is 3.62. The van der Waals surface area contributed by atoms with Crippen LogP contribution in [0.1, 0.15) is 31.2 Å². The topological polar surface area (TPSA) is 12.0 Å². The van der Waals surface area contributed by atoms with Crippen LogP contribution in [0.2, 0.25) is 5.02 Å². The zero-order chi connectivity index (χ0) is 10.5. The van der Waals surface area contributed by atoms with E-state index in [0.29, 0.717) is 0 Å². The molecule has 15 heavy (non-hydrogen) atoms. The Hall–Kier alpha value is -0.530. The van der Waals surface area contributed by atoms with Crippen LogP contribution < -0.4 is 5.32 Å². The molecule has 1 aromatic carbocycles. The van der Waals surface area contributed by atoms with Crippen LogP contribution in [0.25, 0.3) is 0 Å². The van der Waals surface area contributed by atoms with Gasteiger partial charge in [0.15, 0.2) is 0 Å². The summed E-state index contributed by atoms with van der Waals surface area (Å²) in [4.78, 5) is 0. The third-order valence-corrected chi connectivity index (χ3v) is 3.55. The third-order valence-electron chi connectivity index (χ3n) is 3.18. The third kappa shape index (κ3) is 3.22. The molecule has 1 saturated carbocycles. The van der Waals surface area contributed by atoms with Crippen LogP contribution in [0.15, 0.2) is 24.3 Å². The molecule has 82 valence electrons. The van der Waals surface area contributed by atoms with E-state index < -0.39 is 0 Å². The quantitative estimate of drug-likeness (QED) is 0.822. The molecule has 0 heterocycles. The Kier molecular flexibility index (Phi) is 4.04. The molecule has 1 nitrogen and oxygen atoms in total.